The quantitative estimate of drug-likeness (QED) is 0.497. The SMILES string of the molecule is CCN(C(=O)CSc1nc(-c2ccccc2)c(-c2ccccc2)o1)[C@H]1CCS(=O)(=O)C1. The van der Waals surface area contributed by atoms with Crippen LogP contribution in [0.2, 0.25) is 0 Å². The van der Waals surface area contributed by atoms with Gasteiger partial charge in [-0.05, 0) is 13.3 Å². The molecule has 1 aromatic heterocycles. The third-order valence-corrected chi connectivity index (χ3v) is 7.88. The number of sulfone groups is 1. The lowest BCUT2D eigenvalue weighted by molar-refractivity contribution is -0.129. The molecule has 0 unspecified atom stereocenters. The van der Waals surface area contributed by atoms with Crippen molar-refractivity contribution in [2.45, 2.75) is 24.6 Å². The van der Waals surface area contributed by atoms with Gasteiger partial charge in [0.15, 0.2) is 15.6 Å². The lowest BCUT2D eigenvalue weighted by Gasteiger charge is -2.26. The second-order valence-electron chi connectivity index (χ2n) is 7.41. The number of rotatable bonds is 7. The Morgan fingerprint density at radius 1 is 1.10 bits per heavy atom. The molecule has 1 saturated heterocycles. The first-order valence-corrected chi connectivity index (χ1v) is 13.0. The molecule has 31 heavy (non-hydrogen) atoms. The molecule has 2 heterocycles. The van der Waals surface area contributed by atoms with E-state index in [4.69, 9.17) is 4.42 Å². The summed E-state index contributed by atoms with van der Waals surface area (Å²) in [6.07, 6.45) is 0.502. The van der Waals surface area contributed by atoms with Gasteiger partial charge in [-0.3, -0.25) is 4.79 Å². The molecule has 0 aliphatic carbocycles. The van der Waals surface area contributed by atoms with Crippen LogP contribution >= 0.6 is 11.8 Å². The van der Waals surface area contributed by atoms with Crippen LogP contribution in [0, 0.1) is 0 Å². The molecular weight excluding hydrogens is 432 g/mol. The lowest BCUT2D eigenvalue weighted by Crippen LogP contribution is -2.41. The summed E-state index contributed by atoms with van der Waals surface area (Å²) in [5, 5.41) is 0.418. The van der Waals surface area contributed by atoms with Gasteiger partial charge in [0.1, 0.15) is 5.69 Å². The Bertz CT molecular complexity index is 1090. The van der Waals surface area contributed by atoms with Crippen molar-refractivity contribution in [3.05, 3.63) is 60.7 Å². The number of nitrogens with zero attached hydrogens (tertiary/aromatic N) is 2. The fraction of sp³-hybridized carbons (Fsp3) is 0.304. The highest BCUT2D eigenvalue weighted by Crippen LogP contribution is 2.35. The summed E-state index contributed by atoms with van der Waals surface area (Å²) in [6, 6.07) is 19.3. The molecule has 3 aromatic rings. The van der Waals surface area contributed by atoms with E-state index in [2.05, 4.69) is 4.98 Å². The highest BCUT2D eigenvalue weighted by Gasteiger charge is 2.34. The largest absolute Gasteiger partial charge is 0.431 e. The van der Waals surface area contributed by atoms with Gasteiger partial charge in [0, 0.05) is 23.7 Å². The first kappa shape index (κ1) is 21.6. The van der Waals surface area contributed by atoms with Crippen molar-refractivity contribution in [3.8, 4) is 22.6 Å². The number of amides is 1. The molecule has 4 rings (SSSR count). The number of carbonyl (C=O) groups excluding carboxylic acids is 1. The third-order valence-electron chi connectivity index (χ3n) is 5.32. The smallest absolute Gasteiger partial charge is 0.257 e. The molecule has 0 bridgehead atoms. The Labute approximate surface area is 186 Å². The summed E-state index contributed by atoms with van der Waals surface area (Å²) in [6.45, 7) is 2.36. The van der Waals surface area contributed by atoms with Crippen LogP contribution in [0.3, 0.4) is 0 Å². The molecule has 8 heteroatoms. The predicted octanol–water partition coefficient (Wildman–Crippen LogP) is 4.14. The second-order valence-corrected chi connectivity index (χ2v) is 10.6. The van der Waals surface area contributed by atoms with E-state index in [1.165, 1.54) is 11.8 Å². The monoisotopic (exact) mass is 456 g/mol. The number of hydrogen-bond acceptors (Lipinski definition) is 6. The van der Waals surface area contributed by atoms with Gasteiger partial charge in [-0.2, -0.15) is 0 Å². The van der Waals surface area contributed by atoms with Crippen LogP contribution in [-0.2, 0) is 14.6 Å². The average molecular weight is 457 g/mol. The van der Waals surface area contributed by atoms with Crippen LogP contribution in [0.1, 0.15) is 13.3 Å². The van der Waals surface area contributed by atoms with Crippen molar-refractivity contribution in [2.24, 2.45) is 0 Å². The number of benzene rings is 2. The maximum Gasteiger partial charge on any atom is 0.257 e. The first-order chi connectivity index (χ1) is 15.0. The van der Waals surface area contributed by atoms with Gasteiger partial charge < -0.3 is 9.32 Å². The Hall–Kier alpha value is -2.58. The molecule has 6 nitrogen and oxygen atoms in total. The van der Waals surface area contributed by atoms with Gasteiger partial charge in [0.05, 0.1) is 17.3 Å². The van der Waals surface area contributed by atoms with Crippen LogP contribution in [0.15, 0.2) is 70.3 Å². The van der Waals surface area contributed by atoms with E-state index in [1.54, 1.807) is 4.90 Å². The number of oxazole rings is 1. The van der Waals surface area contributed by atoms with E-state index in [1.807, 2.05) is 67.6 Å². The zero-order valence-corrected chi connectivity index (χ0v) is 18.9. The molecule has 1 fully saturated rings. The van der Waals surface area contributed by atoms with Gasteiger partial charge in [-0.25, -0.2) is 13.4 Å². The van der Waals surface area contributed by atoms with Gasteiger partial charge >= 0.3 is 0 Å². The molecular formula is C23H24N2O4S2. The maximum atomic E-state index is 12.8. The summed E-state index contributed by atoms with van der Waals surface area (Å²) in [4.78, 5) is 19.1. The number of carbonyl (C=O) groups is 1. The minimum atomic E-state index is -3.05. The summed E-state index contributed by atoms with van der Waals surface area (Å²) in [7, 11) is -3.05. The van der Waals surface area contributed by atoms with E-state index < -0.39 is 9.84 Å². The Morgan fingerprint density at radius 3 is 2.32 bits per heavy atom. The van der Waals surface area contributed by atoms with E-state index >= 15 is 0 Å². The minimum Gasteiger partial charge on any atom is -0.431 e. The number of aromatic nitrogens is 1. The molecule has 1 atom stereocenters. The van der Waals surface area contributed by atoms with Crippen LogP contribution in [0.4, 0.5) is 0 Å². The van der Waals surface area contributed by atoms with Crippen molar-refractivity contribution in [1.82, 2.24) is 9.88 Å². The highest BCUT2D eigenvalue weighted by atomic mass is 32.2. The van der Waals surface area contributed by atoms with E-state index in [9.17, 15) is 13.2 Å². The summed E-state index contributed by atoms with van der Waals surface area (Å²) in [5.41, 5.74) is 2.59. The fourth-order valence-corrected chi connectivity index (χ4v) is 6.25. The molecule has 0 N–H and O–H groups in total. The molecule has 1 aliphatic rings. The van der Waals surface area contributed by atoms with Gasteiger partial charge in [-0.1, -0.05) is 72.4 Å². The second kappa shape index (κ2) is 9.28. The Balaban J connectivity index is 1.54. The molecule has 0 spiro atoms. The van der Waals surface area contributed by atoms with Crippen molar-refractivity contribution in [3.63, 3.8) is 0 Å². The number of hydrogen-bond donors (Lipinski definition) is 0. The first-order valence-electron chi connectivity index (χ1n) is 10.2. The van der Waals surface area contributed by atoms with Gasteiger partial charge in [0.25, 0.3) is 5.22 Å². The van der Waals surface area contributed by atoms with Crippen molar-refractivity contribution >= 4 is 27.5 Å². The van der Waals surface area contributed by atoms with Gasteiger partial charge in [0.2, 0.25) is 5.91 Å². The van der Waals surface area contributed by atoms with Crippen LogP contribution in [-0.4, -0.2) is 54.1 Å². The highest BCUT2D eigenvalue weighted by molar-refractivity contribution is 7.99. The molecule has 0 saturated carbocycles. The summed E-state index contributed by atoms with van der Waals surface area (Å²) < 4.78 is 29.7. The summed E-state index contributed by atoms with van der Waals surface area (Å²) >= 11 is 1.24. The average Bonchev–Trinajstić information content (AvgIpc) is 3.37. The van der Waals surface area contributed by atoms with E-state index in [0.717, 1.165) is 16.8 Å². The summed E-state index contributed by atoms with van der Waals surface area (Å²) in [5.74, 6) is 0.904. The van der Waals surface area contributed by atoms with Crippen LogP contribution in [0.5, 0.6) is 0 Å². The molecule has 1 amide bonds. The van der Waals surface area contributed by atoms with Gasteiger partial charge in [-0.15, -0.1) is 0 Å². The van der Waals surface area contributed by atoms with Crippen molar-refractivity contribution < 1.29 is 17.6 Å². The molecule has 0 radical (unpaired) electrons. The predicted molar refractivity (Wildman–Crippen MR) is 123 cm³/mol. The van der Waals surface area contributed by atoms with Crippen molar-refractivity contribution in [1.29, 1.82) is 0 Å². The van der Waals surface area contributed by atoms with E-state index in [-0.39, 0.29) is 29.2 Å². The standard InChI is InChI=1S/C23H24N2O4S2/c1-2-25(19-13-14-31(27,28)16-19)20(26)15-30-23-24-21(17-9-5-3-6-10-17)22(29-23)18-11-7-4-8-12-18/h3-12,19H,2,13-16H2,1H3/t19-/m0/s1. The van der Waals surface area contributed by atoms with Crippen LogP contribution < -0.4 is 0 Å². The zero-order chi connectivity index (χ0) is 21.8. The number of thioether (sulfide) groups is 1. The molecule has 2 aromatic carbocycles. The topological polar surface area (TPSA) is 80.5 Å². The van der Waals surface area contributed by atoms with Crippen LogP contribution in [0.25, 0.3) is 22.6 Å². The Morgan fingerprint density at radius 2 is 1.74 bits per heavy atom. The maximum absolute atomic E-state index is 12.8. The molecule has 1 aliphatic heterocycles. The third kappa shape index (κ3) is 5.02. The van der Waals surface area contributed by atoms with Crippen molar-refractivity contribution in [2.75, 3.05) is 23.8 Å². The normalized spacial score (nSPS) is 17.5. The fourth-order valence-electron chi connectivity index (χ4n) is 3.80. The lowest BCUT2D eigenvalue weighted by atomic mass is 10.1. The zero-order valence-electron chi connectivity index (χ0n) is 17.2. The molecule has 162 valence electrons. The van der Waals surface area contributed by atoms with E-state index in [0.29, 0.717) is 23.9 Å². The Kier molecular flexibility index (Phi) is 6.48. The minimum absolute atomic E-state index is 0.0482.